The predicted octanol–water partition coefficient (Wildman–Crippen LogP) is 1.76. The molecule has 0 saturated carbocycles. The summed E-state index contributed by atoms with van der Waals surface area (Å²) < 4.78 is 0.752. The van der Waals surface area contributed by atoms with Crippen LogP contribution in [0.15, 0.2) is 10.7 Å². The van der Waals surface area contributed by atoms with Gasteiger partial charge in [-0.1, -0.05) is 0 Å². The molecule has 2 N–H and O–H groups in total. The van der Waals surface area contributed by atoms with Gasteiger partial charge in [0.25, 0.3) is 0 Å². The van der Waals surface area contributed by atoms with Crippen LogP contribution in [0.1, 0.15) is 6.42 Å². The van der Waals surface area contributed by atoms with E-state index >= 15 is 0 Å². The summed E-state index contributed by atoms with van der Waals surface area (Å²) in [6.07, 6.45) is 1.18. The predicted molar refractivity (Wildman–Crippen MR) is 68.3 cm³/mol. The van der Waals surface area contributed by atoms with Gasteiger partial charge in [-0.25, -0.2) is 4.98 Å². The van der Waals surface area contributed by atoms with Crippen molar-refractivity contribution in [2.75, 3.05) is 35.2 Å². The SMILES string of the molecule is Nc1cc(Br)nc(N2CCCSCC2)n1. The number of hydrogen-bond donors (Lipinski definition) is 1. The zero-order valence-electron chi connectivity index (χ0n) is 8.32. The van der Waals surface area contributed by atoms with E-state index in [2.05, 4.69) is 30.8 Å². The van der Waals surface area contributed by atoms with Crippen molar-refractivity contribution >= 4 is 39.5 Å². The summed E-state index contributed by atoms with van der Waals surface area (Å²) in [6.45, 7) is 2.02. The Hall–Kier alpha value is -0.490. The molecule has 6 heteroatoms. The van der Waals surface area contributed by atoms with Crippen molar-refractivity contribution in [3.8, 4) is 0 Å². The number of halogens is 1. The van der Waals surface area contributed by atoms with Crippen molar-refractivity contribution in [2.24, 2.45) is 0 Å². The third kappa shape index (κ3) is 2.98. The van der Waals surface area contributed by atoms with Crippen LogP contribution in [0, 0.1) is 0 Å². The quantitative estimate of drug-likeness (QED) is 0.798. The van der Waals surface area contributed by atoms with Crippen LogP contribution >= 0.6 is 27.7 Å². The fourth-order valence-corrected chi connectivity index (χ4v) is 2.79. The second kappa shape index (κ2) is 5.03. The Morgan fingerprint density at radius 1 is 1.33 bits per heavy atom. The number of nitrogens with two attached hydrogens (primary N) is 1. The zero-order chi connectivity index (χ0) is 10.7. The smallest absolute Gasteiger partial charge is 0.228 e. The maximum Gasteiger partial charge on any atom is 0.228 e. The fourth-order valence-electron chi connectivity index (χ4n) is 1.51. The summed E-state index contributed by atoms with van der Waals surface area (Å²) >= 11 is 5.32. The first-order chi connectivity index (χ1) is 7.25. The molecule has 0 amide bonds. The molecule has 1 aromatic heterocycles. The first-order valence-electron chi connectivity index (χ1n) is 4.88. The molecule has 2 heterocycles. The zero-order valence-corrected chi connectivity index (χ0v) is 10.7. The van der Waals surface area contributed by atoms with Crippen molar-refractivity contribution in [1.29, 1.82) is 0 Å². The van der Waals surface area contributed by atoms with Crippen molar-refractivity contribution in [3.63, 3.8) is 0 Å². The van der Waals surface area contributed by atoms with Gasteiger partial charge in [-0.2, -0.15) is 16.7 Å². The average molecular weight is 289 g/mol. The van der Waals surface area contributed by atoms with Crippen molar-refractivity contribution in [1.82, 2.24) is 9.97 Å². The standard InChI is InChI=1S/C9H13BrN4S/c10-7-6-8(11)13-9(12-7)14-2-1-4-15-5-3-14/h6H,1-5H2,(H2,11,12,13). The average Bonchev–Trinajstić information content (AvgIpc) is 2.43. The molecule has 0 unspecified atom stereocenters. The van der Waals surface area contributed by atoms with Crippen LogP contribution in [0.25, 0.3) is 0 Å². The largest absolute Gasteiger partial charge is 0.383 e. The molecule has 2 rings (SSSR count). The molecule has 0 spiro atoms. The maximum atomic E-state index is 5.69. The van der Waals surface area contributed by atoms with E-state index in [1.807, 2.05) is 11.8 Å². The van der Waals surface area contributed by atoms with Gasteiger partial charge in [0.15, 0.2) is 0 Å². The van der Waals surface area contributed by atoms with Crippen LogP contribution in [-0.4, -0.2) is 34.6 Å². The van der Waals surface area contributed by atoms with E-state index in [0.717, 1.165) is 29.4 Å². The lowest BCUT2D eigenvalue weighted by Crippen LogP contribution is -2.27. The van der Waals surface area contributed by atoms with Crippen molar-refractivity contribution in [2.45, 2.75) is 6.42 Å². The van der Waals surface area contributed by atoms with E-state index in [4.69, 9.17) is 5.73 Å². The number of thioether (sulfide) groups is 1. The van der Waals surface area contributed by atoms with E-state index in [1.165, 1.54) is 12.2 Å². The Kier molecular flexibility index (Phi) is 3.69. The lowest BCUT2D eigenvalue weighted by atomic mass is 10.4. The molecule has 15 heavy (non-hydrogen) atoms. The minimum atomic E-state index is 0.517. The molecule has 1 fully saturated rings. The summed E-state index contributed by atoms with van der Waals surface area (Å²) in [5.74, 6) is 3.61. The molecule has 0 aliphatic carbocycles. The van der Waals surface area contributed by atoms with E-state index in [9.17, 15) is 0 Å². The first kappa shape index (κ1) is 11.0. The lowest BCUT2D eigenvalue weighted by Gasteiger charge is -2.19. The highest BCUT2D eigenvalue weighted by Gasteiger charge is 2.13. The molecule has 0 aromatic carbocycles. The van der Waals surface area contributed by atoms with Gasteiger partial charge in [-0.05, 0) is 28.1 Å². The van der Waals surface area contributed by atoms with Crippen molar-refractivity contribution < 1.29 is 0 Å². The molecular formula is C9H13BrN4S. The molecular weight excluding hydrogens is 276 g/mol. The Labute approximate surface area is 102 Å². The Morgan fingerprint density at radius 3 is 3.00 bits per heavy atom. The highest BCUT2D eigenvalue weighted by molar-refractivity contribution is 9.10. The normalized spacial score (nSPS) is 17.5. The summed E-state index contributed by atoms with van der Waals surface area (Å²) in [5, 5.41) is 0. The van der Waals surface area contributed by atoms with E-state index < -0.39 is 0 Å². The number of aromatic nitrogens is 2. The first-order valence-corrected chi connectivity index (χ1v) is 6.83. The third-order valence-electron chi connectivity index (χ3n) is 2.21. The van der Waals surface area contributed by atoms with E-state index in [1.54, 1.807) is 6.07 Å². The molecule has 4 nitrogen and oxygen atoms in total. The highest BCUT2D eigenvalue weighted by Crippen LogP contribution is 2.19. The van der Waals surface area contributed by atoms with Gasteiger partial charge in [0.05, 0.1) is 0 Å². The number of hydrogen-bond acceptors (Lipinski definition) is 5. The van der Waals surface area contributed by atoms with Gasteiger partial charge >= 0.3 is 0 Å². The molecule has 1 aromatic rings. The Bertz CT molecular complexity index is 319. The van der Waals surface area contributed by atoms with E-state index in [-0.39, 0.29) is 0 Å². The molecule has 1 saturated heterocycles. The van der Waals surface area contributed by atoms with Crippen LogP contribution in [0.4, 0.5) is 11.8 Å². The summed E-state index contributed by atoms with van der Waals surface area (Å²) in [4.78, 5) is 10.8. The Balaban J connectivity index is 2.19. The van der Waals surface area contributed by atoms with Crippen LogP contribution in [0.3, 0.4) is 0 Å². The number of anilines is 2. The van der Waals surface area contributed by atoms with Gasteiger partial charge < -0.3 is 10.6 Å². The van der Waals surface area contributed by atoms with Gasteiger partial charge in [-0.15, -0.1) is 0 Å². The lowest BCUT2D eigenvalue weighted by molar-refractivity contribution is 0.782. The second-order valence-corrected chi connectivity index (χ2v) is 5.41. The summed E-state index contributed by atoms with van der Waals surface area (Å²) in [7, 11) is 0. The van der Waals surface area contributed by atoms with Gasteiger partial charge in [0, 0.05) is 24.9 Å². The molecule has 0 radical (unpaired) electrons. The van der Waals surface area contributed by atoms with Gasteiger partial charge in [0.2, 0.25) is 5.95 Å². The molecule has 0 bridgehead atoms. The molecule has 0 atom stereocenters. The van der Waals surface area contributed by atoms with Crippen LogP contribution in [-0.2, 0) is 0 Å². The minimum Gasteiger partial charge on any atom is -0.383 e. The minimum absolute atomic E-state index is 0.517. The van der Waals surface area contributed by atoms with Gasteiger partial charge in [-0.3, -0.25) is 0 Å². The fraction of sp³-hybridized carbons (Fsp3) is 0.556. The third-order valence-corrected chi connectivity index (χ3v) is 3.66. The van der Waals surface area contributed by atoms with Gasteiger partial charge in [0.1, 0.15) is 10.4 Å². The monoisotopic (exact) mass is 288 g/mol. The maximum absolute atomic E-state index is 5.69. The van der Waals surface area contributed by atoms with Crippen LogP contribution < -0.4 is 10.6 Å². The van der Waals surface area contributed by atoms with Crippen LogP contribution in [0.5, 0.6) is 0 Å². The second-order valence-electron chi connectivity index (χ2n) is 3.37. The number of nitrogens with zero attached hydrogens (tertiary/aromatic N) is 3. The molecule has 1 aliphatic rings. The molecule has 1 aliphatic heterocycles. The molecule has 82 valence electrons. The topological polar surface area (TPSA) is 55.0 Å². The van der Waals surface area contributed by atoms with E-state index in [0.29, 0.717) is 5.82 Å². The number of nitrogen functional groups attached to an aromatic ring is 1. The van der Waals surface area contributed by atoms with Crippen LogP contribution in [0.2, 0.25) is 0 Å². The summed E-state index contributed by atoms with van der Waals surface area (Å²) in [6, 6.07) is 1.72. The Morgan fingerprint density at radius 2 is 2.20 bits per heavy atom. The van der Waals surface area contributed by atoms with Crippen molar-refractivity contribution in [3.05, 3.63) is 10.7 Å². The number of rotatable bonds is 1. The summed E-state index contributed by atoms with van der Waals surface area (Å²) in [5.41, 5.74) is 5.69. The highest BCUT2D eigenvalue weighted by atomic mass is 79.9.